The van der Waals surface area contributed by atoms with E-state index in [1.165, 1.54) is 0 Å². The van der Waals surface area contributed by atoms with Crippen molar-refractivity contribution >= 4 is 17.6 Å². The SMILES string of the molecule is O=C(Nc1ccccn1)c1ccc(NCCO)o1. The van der Waals surface area contributed by atoms with Gasteiger partial charge in [0.15, 0.2) is 11.6 Å². The van der Waals surface area contributed by atoms with E-state index in [0.717, 1.165) is 0 Å². The van der Waals surface area contributed by atoms with E-state index in [4.69, 9.17) is 9.52 Å². The molecule has 0 bridgehead atoms. The molecule has 2 aromatic heterocycles. The quantitative estimate of drug-likeness (QED) is 0.742. The summed E-state index contributed by atoms with van der Waals surface area (Å²) in [6, 6.07) is 8.41. The van der Waals surface area contributed by atoms with Crippen molar-refractivity contribution in [3.8, 4) is 0 Å². The summed E-state index contributed by atoms with van der Waals surface area (Å²) in [5.41, 5.74) is 0. The van der Waals surface area contributed by atoms with Crippen molar-refractivity contribution in [2.24, 2.45) is 0 Å². The van der Waals surface area contributed by atoms with Crippen LogP contribution in [-0.4, -0.2) is 29.1 Å². The Labute approximate surface area is 104 Å². The highest BCUT2D eigenvalue weighted by Gasteiger charge is 2.11. The molecular weight excluding hydrogens is 234 g/mol. The number of aromatic nitrogens is 1. The molecule has 18 heavy (non-hydrogen) atoms. The number of aliphatic hydroxyl groups is 1. The van der Waals surface area contributed by atoms with Gasteiger partial charge in [0.2, 0.25) is 0 Å². The van der Waals surface area contributed by atoms with E-state index in [9.17, 15) is 4.79 Å². The molecule has 0 atom stereocenters. The number of anilines is 2. The number of rotatable bonds is 5. The zero-order valence-electron chi connectivity index (χ0n) is 9.59. The Balaban J connectivity index is 1.99. The predicted octanol–water partition coefficient (Wildman–Crippen LogP) is 1.33. The van der Waals surface area contributed by atoms with Gasteiger partial charge < -0.3 is 20.2 Å². The lowest BCUT2D eigenvalue weighted by Gasteiger charge is -2.01. The fourth-order valence-electron chi connectivity index (χ4n) is 1.35. The minimum absolute atomic E-state index is 0.00380. The van der Waals surface area contributed by atoms with Gasteiger partial charge in [-0.2, -0.15) is 0 Å². The molecule has 0 radical (unpaired) electrons. The number of nitrogens with one attached hydrogen (secondary N) is 2. The van der Waals surface area contributed by atoms with Crippen molar-refractivity contribution in [3.05, 3.63) is 42.3 Å². The van der Waals surface area contributed by atoms with Crippen molar-refractivity contribution in [2.75, 3.05) is 23.8 Å². The van der Waals surface area contributed by atoms with Gasteiger partial charge in [0.25, 0.3) is 5.91 Å². The fourth-order valence-corrected chi connectivity index (χ4v) is 1.35. The summed E-state index contributed by atoms with van der Waals surface area (Å²) in [6.07, 6.45) is 1.59. The molecule has 0 aliphatic heterocycles. The van der Waals surface area contributed by atoms with Crippen LogP contribution in [0.1, 0.15) is 10.6 Å². The topological polar surface area (TPSA) is 87.4 Å². The van der Waals surface area contributed by atoms with Crippen LogP contribution in [0.15, 0.2) is 40.9 Å². The molecule has 0 saturated carbocycles. The number of hydrogen-bond donors (Lipinski definition) is 3. The molecule has 94 valence electrons. The van der Waals surface area contributed by atoms with Gasteiger partial charge in [-0.15, -0.1) is 0 Å². The van der Waals surface area contributed by atoms with E-state index in [-0.39, 0.29) is 18.3 Å². The zero-order chi connectivity index (χ0) is 12.8. The molecule has 0 spiro atoms. The molecular formula is C12H13N3O3. The summed E-state index contributed by atoms with van der Waals surface area (Å²) in [4.78, 5) is 15.8. The number of amides is 1. The lowest BCUT2D eigenvalue weighted by Crippen LogP contribution is -2.11. The third-order valence-corrected chi connectivity index (χ3v) is 2.15. The highest BCUT2D eigenvalue weighted by molar-refractivity contribution is 6.01. The third-order valence-electron chi connectivity index (χ3n) is 2.15. The highest BCUT2D eigenvalue weighted by Crippen LogP contribution is 2.14. The minimum atomic E-state index is -0.370. The molecule has 0 fully saturated rings. The summed E-state index contributed by atoms with van der Waals surface area (Å²) in [6.45, 7) is 0.366. The standard InChI is InChI=1S/C12H13N3O3/c16-8-7-14-11-5-4-9(18-11)12(17)15-10-3-1-2-6-13-10/h1-6,14,16H,7-8H2,(H,13,15,17). The van der Waals surface area contributed by atoms with E-state index in [0.29, 0.717) is 18.2 Å². The first-order valence-corrected chi connectivity index (χ1v) is 5.46. The number of hydrogen-bond acceptors (Lipinski definition) is 5. The number of furan rings is 1. The molecule has 6 nitrogen and oxygen atoms in total. The Hall–Kier alpha value is -2.34. The smallest absolute Gasteiger partial charge is 0.292 e. The largest absolute Gasteiger partial charge is 0.436 e. The molecule has 0 aliphatic carbocycles. The number of aliphatic hydroxyl groups excluding tert-OH is 1. The molecule has 6 heteroatoms. The maximum absolute atomic E-state index is 11.8. The number of carbonyl (C=O) groups is 1. The Morgan fingerprint density at radius 3 is 2.94 bits per heavy atom. The van der Waals surface area contributed by atoms with Gasteiger partial charge in [-0.05, 0) is 18.2 Å². The first-order chi connectivity index (χ1) is 8.79. The molecule has 3 N–H and O–H groups in total. The van der Waals surface area contributed by atoms with Crippen LogP contribution in [0.3, 0.4) is 0 Å². The summed E-state index contributed by atoms with van der Waals surface area (Å²) in [5.74, 6) is 0.714. The van der Waals surface area contributed by atoms with Crippen molar-refractivity contribution in [1.82, 2.24) is 4.98 Å². The number of carbonyl (C=O) groups excluding carboxylic acids is 1. The van der Waals surface area contributed by atoms with Gasteiger partial charge in [0.05, 0.1) is 6.61 Å². The summed E-state index contributed by atoms with van der Waals surface area (Å²) < 4.78 is 5.26. The predicted molar refractivity (Wildman–Crippen MR) is 66.5 cm³/mol. The summed E-state index contributed by atoms with van der Waals surface area (Å²) >= 11 is 0. The molecule has 0 aromatic carbocycles. The van der Waals surface area contributed by atoms with Crippen LogP contribution in [0.4, 0.5) is 11.7 Å². The van der Waals surface area contributed by atoms with Crippen LogP contribution >= 0.6 is 0 Å². The normalized spacial score (nSPS) is 10.1. The average Bonchev–Trinajstić information content (AvgIpc) is 2.86. The van der Waals surface area contributed by atoms with Crippen molar-refractivity contribution in [2.45, 2.75) is 0 Å². The molecule has 2 heterocycles. The second-order valence-corrected chi connectivity index (χ2v) is 3.48. The van der Waals surface area contributed by atoms with Crippen LogP contribution in [0.2, 0.25) is 0 Å². The van der Waals surface area contributed by atoms with E-state index in [1.54, 1.807) is 36.5 Å². The van der Waals surface area contributed by atoms with Crippen LogP contribution < -0.4 is 10.6 Å². The Bertz CT molecular complexity index is 510. The van der Waals surface area contributed by atoms with E-state index in [1.807, 2.05) is 0 Å². The second-order valence-electron chi connectivity index (χ2n) is 3.48. The highest BCUT2D eigenvalue weighted by atomic mass is 16.4. The van der Waals surface area contributed by atoms with Crippen molar-refractivity contribution < 1.29 is 14.3 Å². The Morgan fingerprint density at radius 1 is 1.33 bits per heavy atom. The Morgan fingerprint density at radius 2 is 2.22 bits per heavy atom. The maximum atomic E-state index is 11.8. The lowest BCUT2D eigenvalue weighted by molar-refractivity contribution is 0.0997. The van der Waals surface area contributed by atoms with Gasteiger partial charge in [-0.25, -0.2) is 4.98 Å². The van der Waals surface area contributed by atoms with Crippen molar-refractivity contribution in [1.29, 1.82) is 0 Å². The molecule has 1 amide bonds. The first kappa shape index (κ1) is 12.1. The van der Waals surface area contributed by atoms with Gasteiger partial charge in [0.1, 0.15) is 5.82 Å². The fraction of sp³-hybridized carbons (Fsp3) is 0.167. The van der Waals surface area contributed by atoms with Crippen LogP contribution in [0.5, 0.6) is 0 Å². The van der Waals surface area contributed by atoms with E-state index >= 15 is 0 Å². The zero-order valence-corrected chi connectivity index (χ0v) is 9.59. The van der Waals surface area contributed by atoms with Crippen LogP contribution in [-0.2, 0) is 0 Å². The lowest BCUT2D eigenvalue weighted by atomic mass is 10.4. The molecule has 2 aromatic rings. The molecule has 0 unspecified atom stereocenters. The van der Waals surface area contributed by atoms with E-state index < -0.39 is 0 Å². The van der Waals surface area contributed by atoms with Gasteiger partial charge >= 0.3 is 0 Å². The van der Waals surface area contributed by atoms with Gasteiger partial charge in [-0.3, -0.25) is 4.79 Å². The summed E-state index contributed by atoms with van der Waals surface area (Å²) in [7, 11) is 0. The third kappa shape index (κ3) is 3.08. The molecule has 0 saturated heterocycles. The summed E-state index contributed by atoms with van der Waals surface area (Å²) in [5, 5.41) is 14.1. The number of nitrogens with zero attached hydrogens (tertiary/aromatic N) is 1. The van der Waals surface area contributed by atoms with Crippen LogP contribution in [0, 0.1) is 0 Å². The number of pyridine rings is 1. The van der Waals surface area contributed by atoms with E-state index in [2.05, 4.69) is 15.6 Å². The Kier molecular flexibility index (Phi) is 3.93. The average molecular weight is 247 g/mol. The monoisotopic (exact) mass is 247 g/mol. The van der Waals surface area contributed by atoms with Gasteiger partial charge in [0, 0.05) is 18.8 Å². The first-order valence-electron chi connectivity index (χ1n) is 5.46. The minimum Gasteiger partial charge on any atom is -0.436 e. The van der Waals surface area contributed by atoms with Crippen molar-refractivity contribution in [3.63, 3.8) is 0 Å². The maximum Gasteiger partial charge on any atom is 0.292 e. The van der Waals surface area contributed by atoms with Crippen LogP contribution in [0.25, 0.3) is 0 Å². The second kappa shape index (κ2) is 5.83. The van der Waals surface area contributed by atoms with Gasteiger partial charge in [-0.1, -0.05) is 6.07 Å². The molecule has 2 rings (SSSR count). The molecule has 0 aliphatic rings.